The normalized spacial score (nSPS) is 16.3. The van der Waals surface area contributed by atoms with E-state index in [4.69, 9.17) is 27.9 Å². The molecule has 0 amide bonds. The zero-order chi connectivity index (χ0) is 23.3. The maximum atomic E-state index is 13.5. The number of Topliss-reactive ketones (excluding diaryl/α,β-unsaturated/α-hetero) is 1. The van der Waals surface area contributed by atoms with Crippen molar-refractivity contribution in [1.82, 2.24) is 9.55 Å². The third kappa shape index (κ3) is 3.44. The molecule has 0 radical (unpaired) electrons. The summed E-state index contributed by atoms with van der Waals surface area (Å²) in [6.45, 7) is 0.764. The standard InChI is InChI=1S/C24H19Cl2N3O4/c1-33-10-4-9-29-22-19(23(31)28-24(29)32)17(15-8-7-12(25)11-16(15)26)18-20(27-22)13-5-2-3-6-14(13)21(18)30/h2-3,5-8,11,17,27H,4,9-10H2,1H3,(H,28,31,32)/t17-/m0/s1. The molecule has 2 aromatic carbocycles. The highest BCUT2D eigenvalue weighted by molar-refractivity contribution is 6.35. The predicted octanol–water partition coefficient (Wildman–Crippen LogP) is 4.04. The molecule has 0 unspecified atom stereocenters. The van der Waals surface area contributed by atoms with Crippen LogP contribution in [0.25, 0.3) is 5.70 Å². The highest BCUT2D eigenvalue weighted by atomic mass is 35.5. The predicted molar refractivity (Wildman–Crippen MR) is 127 cm³/mol. The number of ether oxygens (including phenoxy) is 1. The average molecular weight is 484 g/mol. The minimum absolute atomic E-state index is 0.189. The number of halogens is 2. The zero-order valence-electron chi connectivity index (χ0n) is 17.6. The van der Waals surface area contributed by atoms with Crippen molar-refractivity contribution in [2.24, 2.45) is 0 Å². The number of carbonyl (C=O) groups is 1. The van der Waals surface area contributed by atoms with E-state index in [2.05, 4.69) is 10.3 Å². The lowest BCUT2D eigenvalue weighted by Crippen LogP contribution is -2.38. The Hall–Kier alpha value is -3.13. The number of methoxy groups -OCH3 is 1. The Kier molecular flexibility index (Phi) is 5.48. The summed E-state index contributed by atoms with van der Waals surface area (Å²) in [5, 5.41) is 4.01. The van der Waals surface area contributed by atoms with Gasteiger partial charge in [0.2, 0.25) is 0 Å². The quantitative estimate of drug-likeness (QED) is 0.534. The molecule has 7 nitrogen and oxygen atoms in total. The fourth-order valence-electron chi connectivity index (χ4n) is 4.59. The van der Waals surface area contributed by atoms with Gasteiger partial charge in [-0.1, -0.05) is 53.5 Å². The Morgan fingerprint density at radius 3 is 2.55 bits per heavy atom. The molecule has 0 bridgehead atoms. The van der Waals surface area contributed by atoms with Gasteiger partial charge in [0.15, 0.2) is 5.78 Å². The van der Waals surface area contributed by atoms with E-state index in [9.17, 15) is 14.4 Å². The smallest absolute Gasteiger partial charge is 0.329 e. The van der Waals surface area contributed by atoms with E-state index in [1.54, 1.807) is 37.4 Å². The van der Waals surface area contributed by atoms with Crippen LogP contribution in [0.5, 0.6) is 0 Å². The highest BCUT2D eigenvalue weighted by Crippen LogP contribution is 2.49. The van der Waals surface area contributed by atoms with Crippen LogP contribution in [-0.4, -0.2) is 29.1 Å². The van der Waals surface area contributed by atoms with Crippen LogP contribution in [0.4, 0.5) is 5.82 Å². The van der Waals surface area contributed by atoms with Crippen molar-refractivity contribution >= 4 is 40.5 Å². The van der Waals surface area contributed by atoms with Gasteiger partial charge in [-0.3, -0.25) is 19.1 Å². The Morgan fingerprint density at radius 2 is 1.82 bits per heavy atom. The number of H-pyrrole nitrogens is 1. The summed E-state index contributed by atoms with van der Waals surface area (Å²) in [5.74, 6) is -0.621. The van der Waals surface area contributed by atoms with Gasteiger partial charge in [0.1, 0.15) is 5.82 Å². The van der Waals surface area contributed by atoms with Crippen LogP contribution in [0.3, 0.4) is 0 Å². The number of benzene rings is 2. The summed E-state index contributed by atoms with van der Waals surface area (Å²) < 4.78 is 6.60. The van der Waals surface area contributed by atoms with Crippen LogP contribution in [0.2, 0.25) is 10.0 Å². The first kappa shape index (κ1) is 21.7. The largest absolute Gasteiger partial charge is 0.385 e. The number of fused-ring (bicyclic) bond motifs is 3. The maximum absolute atomic E-state index is 13.5. The molecule has 33 heavy (non-hydrogen) atoms. The van der Waals surface area contributed by atoms with Crippen molar-refractivity contribution in [2.75, 3.05) is 19.0 Å². The molecule has 2 N–H and O–H groups in total. The summed E-state index contributed by atoms with van der Waals surface area (Å²) in [4.78, 5) is 41.8. The van der Waals surface area contributed by atoms with Gasteiger partial charge in [-0.25, -0.2) is 4.79 Å². The van der Waals surface area contributed by atoms with Gasteiger partial charge in [-0.2, -0.15) is 0 Å². The number of aromatic amines is 1. The van der Waals surface area contributed by atoms with Gasteiger partial charge in [0.05, 0.1) is 17.2 Å². The first-order valence-corrected chi connectivity index (χ1v) is 11.1. The van der Waals surface area contributed by atoms with E-state index in [-0.39, 0.29) is 11.3 Å². The van der Waals surface area contributed by atoms with Crippen molar-refractivity contribution in [3.63, 3.8) is 0 Å². The average Bonchev–Trinajstić information content (AvgIpc) is 3.07. The number of hydrogen-bond donors (Lipinski definition) is 2. The lowest BCUT2D eigenvalue weighted by atomic mass is 9.81. The molecule has 0 spiro atoms. The molecule has 0 saturated heterocycles. The van der Waals surface area contributed by atoms with Gasteiger partial charge < -0.3 is 10.1 Å². The van der Waals surface area contributed by atoms with E-state index in [1.807, 2.05) is 12.1 Å². The zero-order valence-corrected chi connectivity index (χ0v) is 19.1. The first-order valence-electron chi connectivity index (χ1n) is 10.4. The topological polar surface area (TPSA) is 93.2 Å². The lowest BCUT2D eigenvalue weighted by molar-refractivity contribution is 0.103. The molecular formula is C24H19Cl2N3O4. The number of ketones is 1. The molecule has 2 aliphatic rings. The molecule has 168 valence electrons. The van der Waals surface area contributed by atoms with Gasteiger partial charge in [0.25, 0.3) is 5.56 Å². The number of nitrogens with one attached hydrogen (secondary N) is 2. The van der Waals surface area contributed by atoms with Crippen LogP contribution in [0.15, 0.2) is 57.6 Å². The number of nitrogens with zero attached hydrogens (tertiary/aromatic N) is 1. The highest BCUT2D eigenvalue weighted by Gasteiger charge is 2.43. The van der Waals surface area contributed by atoms with Crippen LogP contribution in [0, 0.1) is 0 Å². The van der Waals surface area contributed by atoms with E-state index in [0.29, 0.717) is 57.8 Å². The van der Waals surface area contributed by atoms with Crippen molar-refractivity contribution in [3.8, 4) is 0 Å². The number of anilines is 1. The van der Waals surface area contributed by atoms with Gasteiger partial charge >= 0.3 is 5.69 Å². The fraction of sp³-hybridized carbons (Fsp3) is 0.208. The van der Waals surface area contributed by atoms with E-state index in [0.717, 1.165) is 5.56 Å². The third-order valence-corrected chi connectivity index (χ3v) is 6.58. The third-order valence-electron chi connectivity index (χ3n) is 6.01. The van der Waals surface area contributed by atoms with Crippen LogP contribution < -0.4 is 16.6 Å². The van der Waals surface area contributed by atoms with E-state index in [1.165, 1.54) is 4.57 Å². The van der Waals surface area contributed by atoms with Crippen LogP contribution in [0.1, 0.15) is 39.4 Å². The molecule has 0 saturated carbocycles. The fourth-order valence-corrected chi connectivity index (χ4v) is 5.11. The first-order chi connectivity index (χ1) is 15.9. The lowest BCUT2D eigenvalue weighted by Gasteiger charge is -2.30. The van der Waals surface area contributed by atoms with E-state index >= 15 is 0 Å². The van der Waals surface area contributed by atoms with Crippen LogP contribution >= 0.6 is 23.2 Å². The molecular weight excluding hydrogens is 465 g/mol. The Morgan fingerprint density at radius 1 is 1.06 bits per heavy atom. The van der Waals surface area contributed by atoms with Crippen molar-refractivity contribution < 1.29 is 9.53 Å². The van der Waals surface area contributed by atoms with Gasteiger partial charge in [-0.05, 0) is 24.1 Å². The summed E-state index contributed by atoms with van der Waals surface area (Å²) in [6.07, 6.45) is 0.560. The molecule has 1 aromatic heterocycles. The number of rotatable bonds is 5. The van der Waals surface area contributed by atoms with Gasteiger partial charge in [-0.15, -0.1) is 0 Å². The number of carbonyl (C=O) groups excluding carboxylic acids is 1. The molecule has 9 heteroatoms. The Balaban J connectivity index is 1.81. The summed E-state index contributed by atoms with van der Waals surface area (Å²) in [7, 11) is 1.58. The Labute approximate surface area is 198 Å². The van der Waals surface area contributed by atoms with E-state index < -0.39 is 17.2 Å². The molecule has 1 atom stereocenters. The van der Waals surface area contributed by atoms with Crippen molar-refractivity contribution in [1.29, 1.82) is 0 Å². The van der Waals surface area contributed by atoms with Crippen LogP contribution in [-0.2, 0) is 11.3 Å². The maximum Gasteiger partial charge on any atom is 0.329 e. The summed E-state index contributed by atoms with van der Waals surface area (Å²) in [5.41, 5.74) is 1.95. The van der Waals surface area contributed by atoms with Gasteiger partial charge in [0, 0.05) is 47.0 Å². The summed E-state index contributed by atoms with van der Waals surface area (Å²) in [6, 6.07) is 12.2. The molecule has 1 aliphatic heterocycles. The molecule has 0 fully saturated rings. The molecule has 2 heterocycles. The second-order valence-corrected chi connectivity index (χ2v) is 8.75. The Bertz CT molecular complexity index is 1450. The molecule has 1 aliphatic carbocycles. The second kappa shape index (κ2) is 8.33. The number of allylic oxidation sites excluding steroid dienone is 1. The molecule has 3 aromatic rings. The monoisotopic (exact) mass is 483 g/mol. The molecule has 5 rings (SSSR count). The summed E-state index contributed by atoms with van der Waals surface area (Å²) >= 11 is 12.7. The number of aromatic nitrogens is 2. The minimum Gasteiger partial charge on any atom is -0.385 e. The SMILES string of the molecule is COCCCn1c2c(c(=O)[nH]c1=O)[C@@H](c1ccc(Cl)cc1Cl)C1=C(N2)c2ccccc2C1=O. The van der Waals surface area contributed by atoms with Crippen molar-refractivity contribution in [3.05, 3.63) is 101 Å². The number of hydrogen-bond acceptors (Lipinski definition) is 5. The van der Waals surface area contributed by atoms with Crippen molar-refractivity contribution in [2.45, 2.75) is 18.9 Å². The second-order valence-electron chi connectivity index (χ2n) is 7.91. The minimum atomic E-state index is -0.779.